The number of benzene rings is 1. The van der Waals surface area contributed by atoms with Crippen molar-refractivity contribution in [3.8, 4) is 0 Å². The number of thioether (sulfide) groups is 1. The lowest BCUT2D eigenvalue weighted by Gasteiger charge is -2.27. The quantitative estimate of drug-likeness (QED) is 0.331. The number of amides is 1. The van der Waals surface area contributed by atoms with Gasteiger partial charge in [0.25, 0.3) is 5.91 Å². The van der Waals surface area contributed by atoms with Crippen LogP contribution >= 0.6 is 23.4 Å². The van der Waals surface area contributed by atoms with Gasteiger partial charge in [-0.3, -0.25) is 9.78 Å². The van der Waals surface area contributed by atoms with Crippen LogP contribution in [0.1, 0.15) is 21.5 Å². The lowest BCUT2D eigenvalue weighted by atomic mass is 10.1. The third kappa shape index (κ3) is 6.16. The summed E-state index contributed by atoms with van der Waals surface area (Å²) in [6.45, 7) is 3.43. The summed E-state index contributed by atoms with van der Waals surface area (Å²) in [6, 6.07) is 13.1. The first kappa shape index (κ1) is 21.5. The maximum atomic E-state index is 12.4. The predicted molar refractivity (Wildman–Crippen MR) is 121 cm³/mol. The van der Waals surface area contributed by atoms with E-state index in [0.29, 0.717) is 41.4 Å². The van der Waals surface area contributed by atoms with Crippen LogP contribution in [0.2, 0.25) is 5.15 Å². The van der Waals surface area contributed by atoms with Gasteiger partial charge in [-0.05, 0) is 35.4 Å². The Balaban J connectivity index is 1.33. The van der Waals surface area contributed by atoms with Crippen LogP contribution in [0.25, 0.3) is 0 Å². The first-order chi connectivity index (χ1) is 15.2. The van der Waals surface area contributed by atoms with Crippen LogP contribution < -0.4 is 10.2 Å². The number of carbonyl (C=O) groups is 1. The van der Waals surface area contributed by atoms with Crippen molar-refractivity contribution in [3.05, 3.63) is 76.7 Å². The number of anilines is 1. The molecule has 1 aliphatic rings. The van der Waals surface area contributed by atoms with Crippen molar-refractivity contribution in [2.24, 2.45) is 0 Å². The van der Waals surface area contributed by atoms with E-state index in [-0.39, 0.29) is 5.91 Å². The molecule has 0 saturated carbocycles. The first-order valence-electron chi connectivity index (χ1n) is 9.93. The zero-order chi connectivity index (χ0) is 21.5. The van der Waals surface area contributed by atoms with Gasteiger partial charge in [0.05, 0.1) is 13.2 Å². The molecule has 2 aromatic heterocycles. The second kappa shape index (κ2) is 10.6. The molecule has 1 aliphatic heterocycles. The van der Waals surface area contributed by atoms with Crippen molar-refractivity contribution in [3.63, 3.8) is 0 Å². The average Bonchev–Trinajstić information content (AvgIpc) is 2.82. The van der Waals surface area contributed by atoms with Crippen LogP contribution in [0.3, 0.4) is 0 Å². The number of nitrogens with one attached hydrogen (secondary N) is 1. The SMILES string of the molecule is O=C(NCc1ccncc1)c1ccc(CSc2nc(Cl)cc(N3CCOCC3)n2)cc1. The van der Waals surface area contributed by atoms with Crippen LogP contribution in [-0.2, 0) is 17.0 Å². The molecule has 1 aromatic carbocycles. The van der Waals surface area contributed by atoms with Gasteiger partial charge in [0.1, 0.15) is 11.0 Å². The molecule has 1 amide bonds. The second-order valence-corrected chi connectivity index (χ2v) is 8.28. The van der Waals surface area contributed by atoms with Gasteiger partial charge in [-0.25, -0.2) is 9.97 Å². The van der Waals surface area contributed by atoms with Gasteiger partial charge in [-0.1, -0.05) is 35.5 Å². The molecule has 9 heteroatoms. The zero-order valence-electron chi connectivity index (χ0n) is 16.8. The van der Waals surface area contributed by atoms with Gasteiger partial charge >= 0.3 is 0 Å². The van der Waals surface area contributed by atoms with Crippen LogP contribution in [0, 0.1) is 0 Å². The second-order valence-electron chi connectivity index (χ2n) is 6.95. The number of nitrogens with zero attached hydrogens (tertiary/aromatic N) is 4. The molecule has 0 spiro atoms. The Bertz CT molecular complexity index is 1010. The molecule has 1 saturated heterocycles. The van der Waals surface area contributed by atoms with Gasteiger partial charge in [-0.15, -0.1) is 0 Å². The average molecular weight is 456 g/mol. The highest BCUT2D eigenvalue weighted by Crippen LogP contribution is 2.25. The number of ether oxygens (including phenoxy) is 1. The number of pyridine rings is 1. The fourth-order valence-electron chi connectivity index (χ4n) is 3.09. The number of carbonyl (C=O) groups excluding carboxylic acids is 1. The Morgan fingerprint density at radius 3 is 2.55 bits per heavy atom. The summed E-state index contributed by atoms with van der Waals surface area (Å²) in [6.07, 6.45) is 3.42. The van der Waals surface area contributed by atoms with Gasteiger partial charge in [-0.2, -0.15) is 0 Å². The molecular weight excluding hydrogens is 434 g/mol. The molecule has 0 aliphatic carbocycles. The van der Waals surface area contributed by atoms with Crippen molar-refractivity contribution in [1.82, 2.24) is 20.3 Å². The third-order valence-corrected chi connectivity index (χ3v) is 5.89. The molecule has 7 nitrogen and oxygen atoms in total. The summed E-state index contributed by atoms with van der Waals surface area (Å²) in [7, 11) is 0. The summed E-state index contributed by atoms with van der Waals surface area (Å²) in [5.41, 5.74) is 2.71. The highest BCUT2D eigenvalue weighted by atomic mass is 35.5. The van der Waals surface area contributed by atoms with Crippen LogP contribution in [0.5, 0.6) is 0 Å². The van der Waals surface area contributed by atoms with Crippen LogP contribution in [-0.4, -0.2) is 47.2 Å². The van der Waals surface area contributed by atoms with E-state index in [4.69, 9.17) is 16.3 Å². The maximum absolute atomic E-state index is 12.4. The van der Waals surface area contributed by atoms with Gasteiger partial charge in [0, 0.05) is 49.4 Å². The van der Waals surface area contributed by atoms with E-state index in [1.54, 1.807) is 18.5 Å². The summed E-state index contributed by atoms with van der Waals surface area (Å²) < 4.78 is 5.40. The molecule has 0 bridgehead atoms. The molecule has 0 radical (unpaired) electrons. The molecule has 31 heavy (non-hydrogen) atoms. The Hall–Kier alpha value is -2.68. The van der Waals surface area contributed by atoms with Crippen molar-refractivity contribution >= 4 is 35.1 Å². The molecule has 4 rings (SSSR count). The van der Waals surface area contributed by atoms with Crippen molar-refractivity contribution in [2.75, 3.05) is 31.2 Å². The number of hydrogen-bond donors (Lipinski definition) is 1. The number of rotatable bonds is 7. The maximum Gasteiger partial charge on any atom is 0.251 e. The van der Waals surface area contributed by atoms with Gasteiger partial charge in [0.15, 0.2) is 5.16 Å². The molecule has 1 fully saturated rings. The Labute approximate surface area is 190 Å². The topological polar surface area (TPSA) is 80.2 Å². The number of hydrogen-bond acceptors (Lipinski definition) is 7. The zero-order valence-corrected chi connectivity index (χ0v) is 18.4. The summed E-state index contributed by atoms with van der Waals surface area (Å²) in [5, 5.41) is 3.98. The molecule has 1 N–H and O–H groups in total. The van der Waals surface area contributed by atoms with E-state index in [1.165, 1.54) is 11.8 Å². The van der Waals surface area contributed by atoms with E-state index in [9.17, 15) is 4.79 Å². The predicted octanol–water partition coefficient (Wildman–Crippen LogP) is 3.58. The third-order valence-electron chi connectivity index (χ3n) is 4.78. The summed E-state index contributed by atoms with van der Waals surface area (Å²) >= 11 is 7.73. The van der Waals surface area contributed by atoms with Gasteiger partial charge < -0.3 is 15.0 Å². The highest BCUT2D eigenvalue weighted by Gasteiger charge is 2.15. The Morgan fingerprint density at radius 1 is 1.06 bits per heavy atom. The minimum Gasteiger partial charge on any atom is -0.378 e. The minimum atomic E-state index is -0.107. The van der Waals surface area contributed by atoms with E-state index < -0.39 is 0 Å². The number of halogens is 1. The lowest BCUT2D eigenvalue weighted by Crippen LogP contribution is -2.36. The van der Waals surface area contributed by atoms with Crippen LogP contribution in [0.4, 0.5) is 5.82 Å². The molecule has 3 heterocycles. The monoisotopic (exact) mass is 455 g/mol. The summed E-state index contributed by atoms with van der Waals surface area (Å²) in [5.74, 6) is 1.40. The van der Waals surface area contributed by atoms with E-state index >= 15 is 0 Å². The standard InChI is InChI=1S/C22H22ClN5O2S/c23-19-13-20(28-9-11-30-12-10-28)27-22(26-19)31-15-17-1-3-18(4-2-17)21(29)25-14-16-5-7-24-8-6-16/h1-8,13H,9-12,14-15H2,(H,25,29). The van der Waals surface area contributed by atoms with Crippen molar-refractivity contribution < 1.29 is 9.53 Å². The normalized spacial score (nSPS) is 13.8. The number of morpholine rings is 1. The Kier molecular flexibility index (Phi) is 7.35. The van der Waals surface area contributed by atoms with Crippen LogP contribution in [0.15, 0.2) is 60.0 Å². The fraction of sp³-hybridized carbons (Fsp3) is 0.273. The highest BCUT2D eigenvalue weighted by molar-refractivity contribution is 7.98. The molecule has 0 unspecified atom stereocenters. The fourth-order valence-corrected chi connectivity index (χ4v) is 4.13. The Morgan fingerprint density at radius 2 is 1.81 bits per heavy atom. The molecule has 3 aromatic rings. The smallest absolute Gasteiger partial charge is 0.251 e. The van der Waals surface area contributed by atoms with E-state index in [1.807, 2.05) is 36.4 Å². The number of aromatic nitrogens is 3. The molecule has 0 atom stereocenters. The van der Waals surface area contributed by atoms with Gasteiger partial charge in [0.2, 0.25) is 0 Å². The minimum absolute atomic E-state index is 0.107. The van der Waals surface area contributed by atoms with E-state index in [2.05, 4.69) is 25.2 Å². The largest absolute Gasteiger partial charge is 0.378 e. The molecule has 160 valence electrons. The van der Waals surface area contributed by atoms with Crippen molar-refractivity contribution in [2.45, 2.75) is 17.5 Å². The molecular formula is C22H22ClN5O2S. The summed E-state index contributed by atoms with van der Waals surface area (Å²) in [4.78, 5) is 27.5. The van der Waals surface area contributed by atoms with Crippen molar-refractivity contribution in [1.29, 1.82) is 0 Å². The lowest BCUT2D eigenvalue weighted by molar-refractivity contribution is 0.0951. The van der Waals surface area contributed by atoms with E-state index in [0.717, 1.165) is 30.0 Å². The first-order valence-corrected chi connectivity index (χ1v) is 11.3.